The molecule has 92 valence electrons. The summed E-state index contributed by atoms with van der Waals surface area (Å²) in [5.74, 6) is -0.447. The molecule has 17 heavy (non-hydrogen) atoms. The highest BCUT2D eigenvalue weighted by Crippen LogP contribution is 2.22. The molecule has 0 bridgehead atoms. The predicted molar refractivity (Wildman–Crippen MR) is 64.2 cm³/mol. The van der Waals surface area contributed by atoms with E-state index in [-0.39, 0.29) is 6.35 Å². The Kier molecular flexibility index (Phi) is 3.83. The molecule has 1 unspecified atom stereocenters. The minimum absolute atomic E-state index is 0.213. The summed E-state index contributed by atoms with van der Waals surface area (Å²) in [5, 5.41) is 6.55. The molecule has 1 saturated heterocycles. The van der Waals surface area contributed by atoms with Crippen molar-refractivity contribution in [2.45, 2.75) is 6.35 Å². The molecule has 0 aliphatic carbocycles. The second kappa shape index (κ2) is 5.35. The zero-order valence-electron chi connectivity index (χ0n) is 9.33. The summed E-state index contributed by atoms with van der Waals surface area (Å²) in [6.07, 6.45) is -0.213. The second-order valence-corrected chi connectivity index (χ2v) is 3.94. The first kappa shape index (κ1) is 12.2. The molecule has 0 amide bonds. The van der Waals surface area contributed by atoms with Gasteiger partial charge in [0.1, 0.15) is 0 Å². The van der Waals surface area contributed by atoms with Gasteiger partial charge in [0.05, 0.1) is 24.3 Å². The van der Waals surface area contributed by atoms with Crippen LogP contribution in [0.25, 0.3) is 0 Å². The van der Waals surface area contributed by atoms with Crippen LogP contribution < -0.4 is 10.6 Å². The van der Waals surface area contributed by atoms with Crippen LogP contribution in [0.15, 0.2) is 18.2 Å². The number of carbonyl (C=O) groups excluding carboxylic acids is 1. The SMILES string of the molecule is COC(=O)c1ccc(NC2NCCO2)cc1Cl. The maximum Gasteiger partial charge on any atom is 0.339 e. The molecule has 0 radical (unpaired) electrons. The molecular formula is C11H13ClN2O3. The topological polar surface area (TPSA) is 59.6 Å². The molecule has 1 aliphatic heterocycles. The summed E-state index contributed by atoms with van der Waals surface area (Å²) >= 11 is 5.99. The highest BCUT2D eigenvalue weighted by molar-refractivity contribution is 6.33. The van der Waals surface area contributed by atoms with Crippen LogP contribution in [0.2, 0.25) is 5.02 Å². The fourth-order valence-electron chi connectivity index (χ4n) is 1.55. The monoisotopic (exact) mass is 256 g/mol. The number of nitrogens with one attached hydrogen (secondary N) is 2. The van der Waals surface area contributed by atoms with Crippen molar-refractivity contribution >= 4 is 23.3 Å². The van der Waals surface area contributed by atoms with Crippen LogP contribution >= 0.6 is 11.6 Å². The molecule has 2 rings (SSSR count). The van der Waals surface area contributed by atoms with Crippen LogP contribution in [0.1, 0.15) is 10.4 Å². The molecule has 0 spiro atoms. The number of ether oxygens (including phenoxy) is 2. The quantitative estimate of drug-likeness (QED) is 0.802. The van der Waals surface area contributed by atoms with Crippen molar-refractivity contribution in [2.75, 3.05) is 25.6 Å². The van der Waals surface area contributed by atoms with Crippen molar-refractivity contribution in [3.05, 3.63) is 28.8 Å². The maximum atomic E-state index is 11.3. The van der Waals surface area contributed by atoms with Gasteiger partial charge >= 0.3 is 5.97 Å². The van der Waals surface area contributed by atoms with Crippen molar-refractivity contribution in [3.8, 4) is 0 Å². The molecule has 0 saturated carbocycles. The average Bonchev–Trinajstić information content (AvgIpc) is 2.81. The van der Waals surface area contributed by atoms with E-state index in [1.165, 1.54) is 7.11 Å². The minimum atomic E-state index is -0.447. The number of methoxy groups -OCH3 is 1. The lowest BCUT2D eigenvalue weighted by Gasteiger charge is -2.14. The molecule has 1 aromatic rings. The number of rotatable bonds is 3. The van der Waals surface area contributed by atoms with Gasteiger partial charge in [0.2, 0.25) is 0 Å². The highest BCUT2D eigenvalue weighted by atomic mass is 35.5. The van der Waals surface area contributed by atoms with Gasteiger partial charge in [-0.1, -0.05) is 11.6 Å². The van der Waals surface area contributed by atoms with E-state index in [9.17, 15) is 4.79 Å². The van der Waals surface area contributed by atoms with Crippen LogP contribution in [0.3, 0.4) is 0 Å². The van der Waals surface area contributed by atoms with E-state index in [0.717, 1.165) is 12.2 Å². The Morgan fingerprint density at radius 3 is 3.06 bits per heavy atom. The Labute approximate surface area is 104 Å². The standard InChI is InChI=1S/C11H13ClN2O3/c1-16-10(15)8-3-2-7(6-9(8)12)14-11-13-4-5-17-11/h2-3,6,11,13-14H,4-5H2,1H3. The van der Waals surface area contributed by atoms with Crippen LogP contribution in [0.5, 0.6) is 0 Å². The van der Waals surface area contributed by atoms with Crippen LogP contribution in [-0.2, 0) is 9.47 Å². The van der Waals surface area contributed by atoms with E-state index in [2.05, 4.69) is 15.4 Å². The van der Waals surface area contributed by atoms with Crippen molar-refractivity contribution in [3.63, 3.8) is 0 Å². The first-order valence-corrected chi connectivity index (χ1v) is 5.58. The average molecular weight is 257 g/mol. The van der Waals surface area contributed by atoms with Crippen molar-refractivity contribution < 1.29 is 14.3 Å². The molecule has 1 atom stereocenters. The number of carbonyl (C=O) groups is 1. The van der Waals surface area contributed by atoms with Gasteiger partial charge in [0.15, 0.2) is 6.35 Å². The Morgan fingerprint density at radius 2 is 2.47 bits per heavy atom. The van der Waals surface area contributed by atoms with Gasteiger partial charge in [-0.2, -0.15) is 0 Å². The number of hydrogen-bond donors (Lipinski definition) is 2. The number of benzene rings is 1. The van der Waals surface area contributed by atoms with Crippen LogP contribution in [0, 0.1) is 0 Å². The highest BCUT2D eigenvalue weighted by Gasteiger charge is 2.15. The fourth-order valence-corrected chi connectivity index (χ4v) is 1.81. The second-order valence-electron chi connectivity index (χ2n) is 3.54. The first-order chi connectivity index (χ1) is 8.20. The van der Waals surface area contributed by atoms with E-state index >= 15 is 0 Å². The summed E-state index contributed by atoms with van der Waals surface area (Å²) in [6.45, 7) is 1.48. The molecule has 6 heteroatoms. The van der Waals surface area contributed by atoms with Crippen molar-refractivity contribution in [1.82, 2.24) is 5.32 Å². The molecule has 1 fully saturated rings. The van der Waals surface area contributed by atoms with E-state index in [0.29, 0.717) is 17.2 Å². The summed E-state index contributed by atoms with van der Waals surface area (Å²) < 4.78 is 9.95. The lowest BCUT2D eigenvalue weighted by Crippen LogP contribution is -2.31. The lowest BCUT2D eigenvalue weighted by molar-refractivity contribution is 0.0601. The van der Waals surface area contributed by atoms with Gasteiger partial charge in [-0.05, 0) is 18.2 Å². The van der Waals surface area contributed by atoms with Gasteiger partial charge in [-0.3, -0.25) is 5.32 Å². The Hall–Kier alpha value is -1.30. The number of halogens is 1. The van der Waals surface area contributed by atoms with E-state index in [1.54, 1.807) is 18.2 Å². The van der Waals surface area contributed by atoms with Crippen molar-refractivity contribution in [1.29, 1.82) is 0 Å². The molecule has 1 heterocycles. The number of esters is 1. The molecule has 5 nitrogen and oxygen atoms in total. The zero-order chi connectivity index (χ0) is 12.3. The lowest BCUT2D eigenvalue weighted by atomic mass is 10.2. The molecular weight excluding hydrogens is 244 g/mol. The zero-order valence-corrected chi connectivity index (χ0v) is 10.1. The predicted octanol–water partition coefficient (Wildman–Crippen LogP) is 1.44. The van der Waals surface area contributed by atoms with Gasteiger partial charge in [0.25, 0.3) is 0 Å². The van der Waals surface area contributed by atoms with Crippen molar-refractivity contribution in [2.24, 2.45) is 0 Å². The van der Waals surface area contributed by atoms with Gasteiger partial charge in [0, 0.05) is 12.2 Å². The number of hydrogen-bond acceptors (Lipinski definition) is 5. The normalized spacial score (nSPS) is 19.1. The summed E-state index contributed by atoms with van der Waals surface area (Å²) in [4.78, 5) is 11.3. The molecule has 2 N–H and O–H groups in total. The Bertz CT molecular complexity index is 419. The van der Waals surface area contributed by atoms with Crippen LogP contribution in [0.4, 0.5) is 5.69 Å². The third-order valence-corrected chi connectivity index (χ3v) is 2.70. The van der Waals surface area contributed by atoms with Gasteiger partial charge in [-0.25, -0.2) is 4.79 Å². The first-order valence-electron chi connectivity index (χ1n) is 5.20. The summed E-state index contributed by atoms with van der Waals surface area (Å²) in [7, 11) is 1.32. The van der Waals surface area contributed by atoms with Gasteiger partial charge in [-0.15, -0.1) is 0 Å². The van der Waals surface area contributed by atoms with E-state index in [1.807, 2.05) is 0 Å². The minimum Gasteiger partial charge on any atom is -0.465 e. The summed E-state index contributed by atoms with van der Waals surface area (Å²) in [6, 6.07) is 5.03. The Morgan fingerprint density at radius 1 is 1.65 bits per heavy atom. The van der Waals surface area contributed by atoms with Gasteiger partial charge < -0.3 is 14.8 Å². The molecule has 1 aromatic carbocycles. The van der Waals surface area contributed by atoms with E-state index in [4.69, 9.17) is 16.3 Å². The van der Waals surface area contributed by atoms with E-state index < -0.39 is 5.97 Å². The Balaban J connectivity index is 2.10. The smallest absolute Gasteiger partial charge is 0.339 e. The molecule has 1 aliphatic rings. The summed E-state index contributed by atoms with van der Waals surface area (Å²) in [5.41, 5.74) is 1.13. The largest absolute Gasteiger partial charge is 0.465 e. The maximum absolute atomic E-state index is 11.3. The third-order valence-electron chi connectivity index (χ3n) is 2.39. The third kappa shape index (κ3) is 2.88. The fraction of sp³-hybridized carbons (Fsp3) is 0.364. The molecule has 0 aromatic heterocycles. The van der Waals surface area contributed by atoms with Crippen LogP contribution in [-0.4, -0.2) is 32.6 Å². The number of anilines is 1.